The van der Waals surface area contributed by atoms with Crippen LogP contribution in [-0.2, 0) is 19.6 Å². The minimum absolute atomic E-state index is 0.00661. The molecule has 1 heterocycles. The monoisotopic (exact) mass is 436 g/mol. The molecule has 11 heteroatoms. The van der Waals surface area contributed by atoms with Gasteiger partial charge in [0.2, 0.25) is 0 Å². The van der Waals surface area contributed by atoms with E-state index in [-0.39, 0.29) is 35.2 Å². The zero-order chi connectivity index (χ0) is 21.9. The number of rotatable bonds is 7. The van der Waals surface area contributed by atoms with Crippen LogP contribution < -0.4 is 13.8 Å². The fourth-order valence-electron chi connectivity index (χ4n) is 2.91. The Morgan fingerprint density at radius 2 is 1.87 bits per heavy atom. The van der Waals surface area contributed by atoms with Crippen LogP contribution in [0.3, 0.4) is 0 Å². The Kier molecular flexibility index (Phi) is 6.11. The van der Waals surface area contributed by atoms with E-state index in [9.17, 15) is 23.3 Å². The first-order valence-corrected chi connectivity index (χ1v) is 10.5. The van der Waals surface area contributed by atoms with Crippen LogP contribution in [-0.4, -0.2) is 45.7 Å². The normalized spacial score (nSPS) is 12.9. The second kappa shape index (κ2) is 8.57. The summed E-state index contributed by atoms with van der Waals surface area (Å²) in [6.07, 6.45) is 0. The van der Waals surface area contributed by atoms with Gasteiger partial charge >= 0.3 is 5.97 Å². The summed E-state index contributed by atoms with van der Waals surface area (Å²) < 4.78 is 43.5. The third-order valence-corrected chi connectivity index (χ3v) is 6.11. The van der Waals surface area contributed by atoms with Gasteiger partial charge in [-0.1, -0.05) is 6.07 Å². The van der Waals surface area contributed by atoms with E-state index in [2.05, 4.69) is 0 Å². The van der Waals surface area contributed by atoms with Crippen molar-refractivity contribution in [2.24, 2.45) is 0 Å². The molecule has 0 spiro atoms. The highest BCUT2D eigenvalue weighted by Crippen LogP contribution is 2.35. The van der Waals surface area contributed by atoms with Gasteiger partial charge in [0.25, 0.3) is 15.7 Å². The van der Waals surface area contributed by atoms with Gasteiger partial charge in [0.15, 0.2) is 11.5 Å². The largest absolute Gasteiger partial charge is 0.486 e. The Labute approximate surface area is 173 Å². The van der Waals surface area contributed by atoms with Crippen molar-refractivity contribution >= 4 is 27.4 Å². The molecule has 1 aliphatic rings. The molecule has 0 aliphatic carbocycles. The Morgan fingerprint density at radius 1 is 1.17 bits per heavy atom. The summed E-state index contributed by atoms with van der Waals surface area (Å²) in [6.45, 7) is 3.22. The molecule has 0 aromatic heterocycles. The van der Waals surface area contributed by atoms with Crippen molar-refractivity contribution in [2.45, 2.75) is 18.7 Å². The lowest BCUT2D eigenvalue weighted by molar-refractivity contribution is -0.384. The van der Waals surface area contributed by atoms with Gasteiger partial charge < -0.3 is 14.2 Å². The average molecular weight is 436 g/mol. The highest BCUT2D eigenvalue weighted by Gasteiger charge is 2.31. The second-order valence-corrected chi connectivity index (χ2v) is 8.21. The van der Waals surface area contributed by atoms with Crippen LogP contribution >= 0.6 is 0 Å². The highest BCUT2D eigenvalue weighted by atomic mass is 32.2. The number of aryl methyl sites for hydroxylation is 1. The number of fused-ring (bicyclic) bond motifs is 1. The lowest BCUT2D eigenvalue weighted by atomic mass is 10.2. The molecule has 0 bridgehead atoms. The number of benzene rings is 2. The molecule has 0 saturated carbocycles. The molecule has 10 nitrogen and oxygen atoms in total. The van der Waals surface area contributed by atoms with Crippen molar-refractivity contribution in [1.29, 1.82) is 0 Å². The molecule has 30 heavy (non-hydrogen) atoms. The van der Waals surface area contributed by atoms with Crippen LogP contribution in [0.15, 0.2) is 41.3 Å². The van der Waals surface area contributed by atoms with Gasteiger partial charge in [-0.2, -0.15) is 0 Å². The smallest absolute Gasteiger partial charge is 0.326 e. The van der Waals surface area contributed by atoms with E-state index < -0.39 is 27.5 Å². The third kappa shape index (κ3) is 4.30. The molecule has 2 aromatic rings. The average Bonchev–Trinajstić information content (AvgIpc) is 2.72. The molecule has 160 valence electrons. The van der Waals surface area contributed by atoms with Crippen molar-refractivity contribution in [2.75, 3.05) is 30.7 Å². The lowest BCUT2D eigenvalue weighted by Gasteiger charge is -2.26. The van der Waals surface area contributed by atoms with Gasteiger partial charge in [-0.3, -0.25) is 19.2 Å². The van der Waals surface area contributed by atoms with Gasteiger partial charge in [-0.15, -0.1) is 0 Å². The predicted octanol–water partition coefficient (Wildman–Crippen LogP) is 2.43. The number of esters is 1. The van der Waals surface area contributed by atoms with E-state index in [1.807, 2.05) is 0 Å². The Balaban J connectivity index is 2.11. The molecular formula is C19H20N2O8S. The number of hydrogen-bond acceptors (Lipinski definition) is 8. The van der Waals surface area contributed by atoms with E-state index in [0.717, 1.165) is 10.4 Å². The number of anilines is 1. The lowest BCUT2D eigenvalue weighted by Crippen LogP contribution is -2.37. The molecule has 0 amide bonds. The number of ether oxygens (including phenoxy) is 3. The minimum Gasteiger partial charge on any atom is -0.486 e. The van der Waals surface area contributed by atoms with Crippen LogP contribution in [0, 0.1) is 17.0 Å². The summed E-state index contributed by atoms with van der Waals surface area (Å²) in [5, 5.41) is 11.2. The molecule has 0 radical (unpaired) electrons. The van der Waals surface area contributed by atoms with Crippen molar-refractivity contribution in [1.82, 2.24) is 0 Å². The topological polar surface area (TPSA) is 125 Å². The predicted molar refractivity (Wildman–Crippen MR) is 106 cm³/mol. The number of nitro groups is 1. The van der Waals surface area contributed by atoms with Crippen LogP contribution in [0.2, 0.25) is 0 Å². The summed E-state index contributed by atoms with van der Waals surface area (Å²) in [5.41, 5.74) is 0.139. The summed E-state index contributed by atoms with van der Waals surface area (Å²) in [4.78, 5) is 22.6. The molecule has 0 fully saturated rings. The number of hydrogen-bond donors (Lipinski definition) is 0. The van der Waals surface area contributed by atoms with Gasteiger partial charge in [0.1, 0.15) is 19.8 Å². The maximum Gasteiger partial charge on any atom is 0.326 e. The van der Waals surface area contributed by atoms with E-state index in [4.69, 9.17) is 14.2 Å². The zero-order valence-corrected chi connectivity index (χ0v) is 17.2. The van der Waals surface area contributed by atoms with Crippen molar-refractivity contribution in [3.63, 3.8) is 0 Å². The second-order valence-electron chi connectivity index (χ2n) is 6.35. The number of non-ortho nitro benzene ring substituents is 1. The standard InChI is InChI=1S/C19H20N2O8S/c1-3-27-19(22)12-20(16-10-14(21(23)24)5-4-13(16)2)30(25,26)15-6-7-17-18(11-15)29-9-8-28-17/h4-7,10-11H,3,8-9,12H2,1-2H3. The Hall–Kier alpha value is -3.34. The van der Waals surface area contributed by atoms with E-state index in [1.165, 1.54) is 30.3 Å². The van der Waals surface area contributed by atoms with E-state index >= 15 is 0 Å². The number of carbonyl (C=O) groups is 1. The minimum atomic E-state index is -4.29. The molecule has 0 N–H and O–H groups in total. The molecule has 0 saturated heterocycles. The first kappa shape index (κ1) is 21.4. The van der Waals surface area contributed by atoms with Gasteiger partial charge in [0.05, 0.1) is 22.1 Å². The summed E-state index contributed by atoms with van der Waals surface area (Å²) in [6, 6.07) is 7.89. The maximum absolute atomic E-state index is 13.4. The SMILES string of the molecule is CCOC(=O)CN(c1cc([N+](=O)[O-])ccc1C)S(=O)(=O)c1ccc2c(c1)OCCO2. The molecular weight excluding hydrogens is 416 g/mol. The van der Waals surface area contributed by atoms with Crippen LogP contribution in [0.1, 0.15) is 12.5 Å². The summed E-state index contributed by atoms with van der Waals surface area (Å²) in [5.74, 6) is -0.123. The molecule has 0 atom stereocenters. The highest BCUT2D eigenvalue weighted by molar-refractivity contribution is 7.92. The third-order valence-electron chi connectivity index (χ3n) is 4.35. The Bertz CT molecular complexity index is 1080. The number of sulfonamides is 1. The first-order valence-electron chi connectivity index (χ1n) is 9.07. The van der Waals surface area contributed by atoms with Gasteiger partial charge in [0, 0.05) is 18.2 Å². The van der Waals surface area contributed by atoms with Gasteiger partial charge in [-0.05, 0) is 31.5 Å². The fourth-order valence-corrected chi connectivity index (χ4v) is 4.40. The Morgan fingerprint density at radius 3 is 2.53 bits per heavy atom. The fraction of sp³-hybridized carbons (Fsp3) is 0.316. The quantitative estimate of drug-likeness (QED) is 0.368. The molecule has 3 rings (SSSR count). The molecule has 2 aromatic carbocycles. The number of nitrogens with zero attached hydrogens (tertiary/aromatic N) is 2. The molecule has 0 unspecified atom stereocenters. The van der Waals surface area contributed by atoms with Crippen LogP contribution in [0.5, 0.6) is 11.5 Å². The van der Waals surface area contributed by atoms with Crippen molar-refractivity contribution in [3.05, 3.63) is 52.1 Å². The van der Waals surface area contributed by atoms with Crippen molar-refractivity contribution < 1.29 is 32.3 Å². The number of nitro benzene ring substituents is 1. The zero-order valence-electron chi connectivity index (χ0n) is 16.4. The summed E-state index contributed by atoms with van der Waals surface area (Å²) >= 11 is 0. The summed E-state index contributed by atoms with van der Waals surface area (Å²) in [7, 11) is -4.29. The molecule has 1 aliphatic heterocycles. The van der Waals surface area contributed by atoms with Gasteiger partial charge in [-0.25, -0.2) is 8.42 Å². The van der Waals surface area contributed by atoms with E-state index in [1.54, 1.807) is 13.8 Å². The van der Waals surface area contributed by atoms with Crippen molar-refractivity contribution in [3.8, 4) is 11.5 Å². The number of carbonyl (C=O) groups excluding carboxylic acids is 1. The first-order chi connectivity index (χ1) is 14.2. The van der Waals surface area contributed by atoms with Crippen LogP contribution in [0.25, 0.3) is 0 Å². The van der Waals surface area contributed by atoms with E-state index in [0.29, 0.717) is 17.9 Å². The maximum atomic E-state index is 13.4. The van der Waals surface area contributed by atoms with Crippen LogP contribution in [0.4, 0.5) is 11.4 Å².